The Morgan fingerprint density at radius 1 is 1.19 bits per heavy atom. The van der Waals surface area contributed by atoms with Crippen molar-refractivity contribution < 1.29 is 4.79 Å². The van der Waals surface area contributed by atoms with E-state index in [9.17, 15) is 4.79 Å². The highest BCUT2D eigenvalue weighted by Crippen LogP contribution is 2.31. The molecule has 0 unspecified atom stereocenters. The molecule has 4 rings (SSSR count). The quantitative estimate of drug-likeness (QED) is 0.766. The smallest absolute Gasteiger partial charge is 0.254 e. The second kappa shape index (κ2) is 7.07. The van der Waals surface area contributed by atoms with E-state index in [-0.39, 0.29) is 5.91 Å². The fourth-order valence-electron chi connectivity index (χ4n) is 3.45. The van der Waals surface area contributed by atoms with Crippen LogP contribution in [0.2, 0.25) is 0 Å². The summed E-state index contributed by atoms with van der Waals surface area (Å²) in [6.07, 6.45) is 8.45. The predicted octanol–water partition coefficient (Wildman–Crippen LogP) is 3.40. The molecule has 136 valence electrons. The van der Waals surface area contributed by atoms with Crippen LogP contribution in [0.5, 0.6) is 0 Å². The minimum Gasteiger partial charge on any atom is -0.345 e. The van der Waals surface area contributed by atoms with Gasteiger partial charge in [-0.2, -0.15) is 0 Å². The highest BCUT2D eigenvalue weighted by atomic mass is 32.1. The first kappa shape index (κ1) is 17.0. The van der Waals surface area contributed by atoms with Crippen LogP contribution in [-0.4, -0.2) is 25.2 Å². The monoisotopic (exact) mass is 369 g/mol. The van der Waals surface area contributed by atoms with Crippen molar-refractivity contribution in [2.24, 2.45) is 0 Å². The van der Waals surface area contributed by atoms with E-state index in [1.54, 1.807) is 11.3 Å². The number of rotatable bonds is 4. The molecular formula is C19H23N5OS. The fraction of sp³-hybridized carbons (Fsp3) is 0.421. The Bertz CT molecular complexity index is 922. The second-order valence-electron chi connectivity index (χ2n) is 6.73. The maximum absolute atomic E-state index is 13.0. The van der Waals surface area contributed by atoms with E-state index in [1.807, 2.05) is 36.0 Å². The molecule has 1 N–H and O–H groups in total. The molecule has 3 aromatic heterocycles. The van der Waals surface area contributed by atoms with Gasteiger partial charge in [-0.3, -0.25) is 4.79 Å². The highest BCUT2D eigenvalue weighted by molar-refractivity contribution is 7.15. The van der Waals surface area contributed by atoms with E-state index in [0.717, 1.165) is 58.5 Å². The molecule has 0 saturated heterocycles. The van der Waals surface area contributed by atoms with Crippen molar-refractivity contribution in [2.75, 3.05) is 0 Å². The largest absolute Gasteiger partial charge is 0.345 e. The molecule has 1 amide bonds. The lowest BCUT2D eigenvalue weighted by atomic mass is 10.1. The molecule has 1 aliphatic heterocycles. The SMILES string of the molecule is Cc1sc(-n2cccc2)c(C(=O)NCc2nnc3n2CCCCC3)c1C. The van der Waals surface area contributed by atoms with E-state index in [4.69, 9.17) is 0 Å². The number of amides is 1. The van der Waals surface area contributed by atoms with Crippen molar-refractivity contribution in [3.63, 3.8) is 0 Å². The number of fused-ring (bicyclic) bond motifs is 1. The molecule has 0 saturated carbocycles. The Morgan fingerprint density at radius 2 is 2.00 bits per heavy atom. The first-order chi connectivity index (χ1) is 12.6. The normalized spacial score (nSPS) is 14.1. The third kappa shape index (κ3) is 3.07. The number of nitrogens with one attached hydrogen (secondary N) is 1. The van der Waals surface area contributed by atoms with E-state index < -0.39 is 0 Å². The van der Waals surface area contributed by atoms with Gasteiger partial charge in [0.05, 0.1) is 12.1 Å². The Labute approximate surface area is 156 Å². The molecule has 0 fully saturated rings. The third-order valence-corrected chi connectivity index (χ3v) is 6.25. The van der Waals surface area contributed by atoms with Gasteiger partial charge in [0.15, 0.2) is 5.82 Å². The summed E-state index contributed by atoms with van der Waals surface area (Å²) in [5, 5.41) is 12.6. The fourth-order valence-corrected chi connectivity index (χ4v) is 4.57. The molecule has 7 heteroatoms. The van der Waals surface area contributed by atoms with Gasteiger partial charge in [-0.25, -0.2) is 0 Å². The molecule has 3 aromatic rings. The molecule has 4 heterocycles. The lowest BCUT2D eigenvalue weighted by Gasteiger charge is -2.10. The zero-order valence-corrected chi connectivity index (χ0v) is 16.0. The van der Waals surface area contributed by atoms with Gasteiger partial charge >= 0.3 is 0 Å². The summed E-state index contributed by atoms with van der Waals surface area (Å²) in [7, 11) is 0. The summed E-state index contributed by atoms with van der Waals surface area (Å²) in [6.45, 7) is 5.42. The van der Waals surface area contributed by atoms with Crippen LogP contribution < -0.4 is 5.32 Å². The Kier molecular flexibility index (Phi) is 4.63. The number of hydrogen-bond acceptors (Lipinski definition) is 4. The standard InChI is InChI=1S/C19H23N5OS/c1-13-14(2)26-19(23-9-6-7-10-23)17(13)18(25)20-12-16-22-21-15-8-4-3-5-11-24(15)16/h6-7,9-10H,3-5,8,11-12H2,1-2H3,(H,20,25). The van der Waals surface area contributed by atoms with Gasteiger partial charge in [0.2, 0.25) is 0 Å². The first-order valence-electron chi connectivity index (χ1n) is 9.07. The van der Waals surface area contributed by atoms with Gasteiger partial charge in [0.25, 0.3) is 5.91 Å². The van der Waals surface area contributed by atoms with Crippen LogP contribution in [0.4, 0.5) is 0 Å². The average Bonchev–Trinajstić information content (AvgIpc) is 3.31. The average molecular weight is 369 g/mol. The van der Waals surface area contributed by atoms with E-state index >= 15 is 0 Å². The van der Waals surface area contributed by atoms with E-state index in [1.165, 1.54) is 6.42 Å². The summed E-state index contributed by atoms with van der Waals surface area (Å²) in [5.41, 5.74) is 1.79. The molecule has 1 aliphatic rings. The maximum atomic E-state index is 13.0. The molecule has 26 heavy (non-hydrogen) atoms. The number of carbonyl (C=O) groups excluding carboxylic acids is 1. The van der Waals surface area contributed by atoms with Crippen LogP contribution in [0.1, 0.15) is 51.7 Å². The van der Waals surface area contributed by atoms with E-state index in [2.05, 4.69) is 27.0 Å². The molecular weight excluding hydrogens is 346 g/mol. The maximum Gasteiger partial charge on any atom is 0.254 e. The van der Waals surface area contributed by atoms with E-state index in [0.29, 0.717) is 6.54 Å². The predicted molar refractivity (Wildman–Crippen MR) is 102 cm³/mol. The lowest BCUT2D eigenvalue weighted by molar-refractivity contribution is 0.0949. The number of aromatic nitrogens is 4. The number of nitrogens with zero attached hydrogens (tertiary/aromatic N) is 4. The van der Waals surface area contributed by atoms with Crippen LogP contribution >= 0.6 is 11.3 Å². The zero-order chi connectivity index (χ0) is 18.1. The molecule has 0 spiro atoms. The number of carbonyl (C=O) groups is 1. The van der Waals surface area contributed by atoms with Crippen LogP contribution in [0, 0.1) is 13.8 Å². The van der Waals surface area contributed by atoms with Crippen molar-refractivity contribution in [3.05, 3.63) is 52.2 Å². The van der Waals surface area contributed by atoms with Crippen LogP contribution in [0.15, 0.2) is 24.5 Å². The Morgan fingerprint density at radius 3 is 2.81 bits per heavy atom. The van der Waals surface area contributed by atoms with Crippen molar-refractivity contribution in [2.45, 2.75) is 52.6 Å². The molecule has 0 atom stereocenters. The van der Waals surface area contributed by atoms with Crippen molar-refractivity contribution in [1.29, 1.82) is 0 Å². The van der Waals surface area contributed by atoms with Gasteiger partial charge in [0.1, 0.15) is 10.8 Å². The number of aryl methyl sites for hydroxylation is 2. The Hall–Kier alpha value is -2.41. The number of thiophene rings is 1. The van der Waals surface area contributed by atoms with Crippen LogP contribution in [0.3, 0.4) is 0 Å². The molecule has 0 bridgehead atoms. The van der Waals surface area contributed by atoms with Gasteiger partial charge in [0, 0.05) is 30.2 Å². The lowest BCUT2D eigenvalue weighted by Crippen LogP contribution is -2.26. The van der Waals surface area contributed by atoms with Crippen molar-refractivity contribution in [1.82, 2.24) is 24.6 Å². The van der Waals surface area contributed by atoms with Gasteiger partial charge in [-0.15, -0.1) is 21.5 Å². The molecule has 0 aliphatic carbocycles. The Balaban J connectivity index is 1.56. The summed E-state index contributed by atoms with van der Waals surface area (Å²) < 4.78 is 4.18. The van der Waals surface area contributed by atoms with Crippen LogP contribution in [-0.2, 0) is 19.5 Å². The second-order valence-corrected chi connectivity index (χ2v) is 7.93. The van der Waals surface area contributed by atoms with Crippen LogP contribution in [0.25, 0.3) is 5.00 Å². The molecule has 0 aromatic carbocycles. The third-order valence-electron chi connectivity index (χ3n) is 5.03. The summed E-state index contributed by atoms with van der Waals surface area (Å²) >= 11 is 1.64. The highest BCUT2D eigenvalue weighted by Gasteiger charge is 2.21. The molecule has 6 nitrogen and oxygen atoms in total. The minimum atomic E-state index is -0.0541. The first-order valence-corrected chi connectivity index (χ1v) is 9.89. The van der Waals surface area contributed by atoms with Gasteiger partial charge < -0.3 is 14.5 Å². The summed E-state index contributed by atoms with van der Waals surface area (Å²) in [6, 6.07) is 3.94. The van der Waals surface area contributed by atoms with Gasteiger partial charge in [-0.1, -0.05) is 6.42 Å². The van der Waals surface area contributed by atoms with Gasteiger partial charge in [-0.05, 0) is 44.4 Å². The summed E-state index contributed by atoms with van der Waals surface area (Å²) in [5.74, 6) is 1.84. The molecule has 0 radical (unpaired) electrons. The topological polar surface area (TPSA) is 64.7 Å². The summed E-state index contributed by atoms with van der Waals surface area (Å²) in [4.78, 5) is 14.1. The van der Waals surface area contributed by atoms with Crippen molar-refractivity contribution in [3.8, 4) is 5.00 Å². The minimum absolute atomic E-state index is 0.0541. The zero-order valence-electron chi connectivity index (χ0n) is 15.2. The number of hydrogen-bond donors (Lipinski definition) is 1. The van der Waals surface area contributed by atoms with Crippen molar-refractivity contribution >= 4 is 17.2 Å².